The number of hydrogen-bond acceptors (Lipinski definition) is 2. The van der Waals surface area contributed by atoms with Crippen LogP contribution in [0, 0.1) is 0 Å². The van der Waals surface area contributed by atoms with E-state index >= 15 is 0 Å². The molecule has 0 aliphatic rings. The molecule has 19 heavy (non-hydrogen) atoms. The minimum Gasteiger partial charge on any atom is -0.402 e. The molecule has 1 amide bonds. The number of para-hydroxylation sites is 1. The zero-order valence-electron chi connectivity index (χ0n) is 10.5. The van der Waals surface area contributed by atoms with Crippen LogP contribution in [0.4, 0.5) is 5.69 Å². The lowest BCUT2D eigenvalue weighted by atomic mass is 10.1. The number of rotatable bonds is 4. The fourth-order valence-corrected chi connectivity index (χ4v) is 1.75. The molecule has 96 valence electrons. The molecule has 0 radical (unpaired) electrons. The van der Waals surface area contributed by atoms with Crippen molar-refractivity contribution in [3.63, 3.8) is 0 Å². The Hall–Kier alpha value is -2.55. The Labute approximate surface area is 112 Å². The average Bonchev–Trinajstić information content (AvgIpc) is 2.40. The van der Waals surface area contributed by atoms with Gasteiger partial charge in [-0.3, -0.25) is 4.79 Å². The fraction of sp³-hybridized carbons (Fsp3) is 0.0625. The molecule has 0 saturated heterocycles. The summed E-state index contributed by atoms with van der Waals surface area (Å²) in [5.41, 5.74) is 8.25. The standard InChI is InChI=1S/C16H16N2O/c17-14(11-13-7-3-1-4-8-13)12-16(19)18-15-9-5-2-6-10-15/h1-10,12H,11,17H2,(H,18,19)/b14-12-. The molecule has 0 unspecified atom stereocenters. The van der Waals surface area contributed by atoms with Crippen molar-refractivity contribution >= 4 is 11.6 Å². The van der Waals surface area contributed by atoms with Crippen LogP contribution in [-0.2, 0) is 11.2 Å². The second-order valence-corrected chi connectivity index (χ2v) is 4.24. The molecule has 3 nitrogen and oxygen atoms in total. The molecule has 0 aromatic heterocycles. The van der Waals surface area contributed by atoms with Crippen molar-refractivity contribution in [2.75, 3.05) is 5.32 Å². The van der Waals surface area contributed by atoms with Crippen LogP contribution in [0.5, 0.6) is 0 Å². The van der Waals surface area contributed by atoms with Crippen LogP contribution in [0.15, 0.2) is 72.4 Å². The predicted octanol–water partition coefficient (Wildman–Crippen LogP) is 2.71. The van der Waals surface area contributed by atoms with E-state index in [0.717, 1.165) is 11.3 Å². The van der Waals surface area contributed by atoms with Gasteiger partial charge in [-0.15, -0.1) is 0 Å². The second kappa shape index (κ2) is 6.40. The van der Waals surface area contributed by atoms with E-state index in [0.29, 0.717) is 12.1 Å². The summed E-state index contributed by atoms with van der Waals surface area (Å²) in [4.78, 5) is 11.7. The molecule has 0 atom stereocenters. The molecule has 3 heteroatoms. The van der Waals surface area contributed by atoms with E-state index in [9.17, 15) is 4.79 Å². The topological polar surface area (TPSA) is 55.1 Å². The Morgan fingerprint density at radius 1 is 1.00 bits per heavy atom. The Morgan fingerprint density at radius 2 is 1.58 bits per heavy atom. The monoisotopic (exact) mass is 252 g/mol. The van der Waals surface area contributed by atoms with Crippen LogP contribution in [-0.4, -0.2) is 5.91 Å². The van der Waals surface area contributed by atoms with E-state index in [1.165, 1.54) is 6.08 Å². The van der Waals surface area contributed by atoms with Gasteiger partial charge in [-0.25, -0.2) is 0 Å². The van der Waals surface area contributed by atoms with Crippen molar-refractivity contribution in [3.05, 3.63) is 78.0 Å². The molecule has 0 bridgehead atoms. The highest BCUT2D eigenvalue weighted by Crippen LogP contribution is 2.06. The van der Waals surface area contributed by atoms with Crippen molar-refractivity contribution in [1.82, 2.24) is 0 Å². The Kier molecular flexibility index (Phi) is 4.34. The SMILES string of the molecule is N/C(=C\C(=O)Nc1ccccc1)Cc1ccccc1. The summed E-state index contributed by atoms with van der Waals surface area (Å²) in [7, 11) is 0. The van der Waals surface area contributed by atoms with E-state index in [1.54, 1.807) is 0 Å². The highest BCUT2D eigenvalue weighted by molar-refractivity contribution is 5.99. The number of hydrogen-bond donors (Lipinski definition) is 2. The molecule has 2 aromatic carbocycles. The molecular weight excluding hydrogens is 236 g/mol. The van der Waals surface area contributed by atoms with Gasteiger partial charge in [0.1, 0.15) is 0 Å². The number of nitrogens with two attached hydrogens (primary N) is 1. The van der Waals surface area contributed by atoms with Gasteiger partial charge in [-0.1, -0.05) is 48.5 Å². The van der Waals surface area contributed by atoms with Crippen molar-refractivity contribution in [1.29, 1.82) is 0 Å². The van der Waals surface area contributed by atoms with Gasteiger partial charge in [0, 0.05) is 23.9 Å². The molecule has 2 aromatic rings. The second-order valence-electron chi connectivity index (χ2n) is 4.24. The van der Waals surface area contributed by atoms with Gasteiger partial charge in [0.2, 0.25) is 5.91 Å². The first-order valence-corrected chi connectivity index (χ1v) is 6.10. The lowest BCUT2D eigenvalue weighted by Crippen LogP contribution is -2.12. The predicted molar refractivity (Wildman–Crippen MR) is 77.5 cm³/mol. The minimum absolute atomic E-state index is 0.209. The maximum Gasteiger partial charge on any atom is 0.250 e. The van der Waals surface area contributed by atoms with Gasteiger partial charge in [0.15, 0.2) is 0 Å². The first-order chi connectivity index (χ1) is 9.24. The molecule has 0 saturated carbocycles. The maximum absolute atomic E-state index is 11.7. The normalized spacial score (nSPS) is 11.1. The zero-order chi connectivity index (χ0) is 13.5. The van der Waals surface area contributed by atoms with E-state index in [2.05, 4.69) is 5.32 Å². The van der Waals surface area contributed by atoms with Crippen LogP contribution in [0.1, 0.15) is 5.56 Å². The lowest BCUT2D eigenvalue weighted by Gasteiger charge is -2.04. The van der Waals surface area contributed by atoms with Gasteiger partial charge in [-0.2, -0.15) is 0 Å². The maximum atomic E-state index is 11.7. The van der Waals surface area contributed by atoms with Crippen molar-refractivity contribution < 1.29 is 4.79 Å². The van der Waals surface area contributed by atoms with Gasteiger partial charge in [0.25, 0.3) is 0 Å². The van der Waals surface area contributed by atoms with Crippen LogP contribution in [0.2, 0.25) is 0 Å². The quantitative estimate of drug-likeness (QED) is 0.822. The minimum atomic E-state index is -0.209. The molecule has 3 N–H and O–H groups in total. The number of nitrogens with one attached hydrogen (secondary N) is 1. The highest BCUT2D eigenvalue weighted by Gasteiger charge is 2.00. The van der Waals surface area contributed by atoms with Crippen molar-refractivity contribution in [2.45, 2.75) is 6.42 Å². The summed E-state index contributed by atoms with van der Waals surface area (Å²) in [6.07, 6.45) is 2.00. The third-order valence-corrected chi connectivity index (χ3v) is 2.61. The third kappa shape index (κ3) is 4.32. The van der Waals surface area contributed by atoms with Crippen molar-refractivity contribution in [2.24, 2.45) is 5.73 Å². The summed E-state index contributed by atoms with van der Waals surface area (Å²) in [6.45, 7) is 0. The third-order valence-electron chi connectivity index (χ3n) is 2.61. The zero-order valence-corrected chi connectivity index (χ0v) is 10.5. The number of carbonyl (C=O) groups is 1. The Morgan fingerprint density at radius 3 is 2.21 bits per heavy atom. The summed E-state index contributed by atoms with van der Waals surface area (Å²) >= 11 is 0. The molecule has 0 aliphatic heterocycles. The summed E-state index contributed by atoms with van der Waals surface area (Å²) in [5, 5.41) is 2.76. The largest absolute Gasteiger partial charge is 0.402 e. The molecule has 2 rings (SSSR count). The van der Waals surface area contributed by atoms with E-state index in [-0.39, 0.29) is 5.91 Å². The lowest BCUT2D eigenvalue weighted by molar-refractivity contribution is -0.112. The van der Waals surface area contributed by atoms with Crippen molar-refractivity contribution in [3.8, 4) is 0 Å². The number of allylic oxidation sites excluding steroid dienone is 1. The molecular formula is C16H16N2O. The molecule has 0 fully saturated rings. The van der Waals surface area contributed by atoms with Crippen LogP contribution in [0.3, 0.4) is 0 Å². The average molecular weight is 252 g/mol. The number of anilines is 1. The molecule has 0 spiro atoms. The first kappa shape index (κ1) is 12.9. The number of benzene rings is 2. The highest BCUT2D eigenvalue weighted by atomic mass is 16.1. The Balaban J connectivity index is 1.95. The van der Waals surface area contributed by atoms with E-state index in [1.807, 2.05) is 60.7 Å². The smallest absolute Gasteiger partial charge is 0.250 e. The summed E-state index contributed by atoms with van der Waals surface area (Å²) < 4.78 is 0. The van der Waals surface area contributed by atoms with E-state index < -0.39 is 0 Å². The van der Waals surface area contributed by atoms with Gasteiger partial charge in [0.05, 0.1) is 0 Å². The van der Waals surface area contributed by atoms with Crippen LogP contribution >= 0.6 is 0 Å². The van der Waals surface area contributed by atoms with Gasteiger partial charge in [-0.05, 0) is 17.7 Å². The Bertz CT molecular complexity index is 562. The van der Waals surface area contributed by atoms with Crippen LogP contribution in [0.25, 0.3) is 0 Å². The number of carbonyl (C=O) groups excluding carboxylic acids is 1. The first-order valence-electron chi connectivity index (χ1n) is 6.10. The molecule has 0 heterocycles. The summed E-state index contributed by atoms with van der Waals surface area (Å²) in [6, 6.07) is 19.1. The molecule has 0 aliphatic carbocycles. The fourth-order valence-electron chi connectivity index (χ4n) is 1.75. The van der Waals surface area contributed by atoms with Gasteiger partial charge < -0.3 is 11.1 Å². The summed E-state index contributed by atoms with van der Waals surface area (Å²) in [5.74, 6) is -0.209. The van der Waals surface area contributed by atoms with Crippen LogP contribution < -0.4 is 11.1 Å². The van der Waals surface area contributed by atoms with Gasteiger partial charge >= 0.3 is 0 Å². The van der Waals surface area contributed by atoms with E-state index in [4.69, 9.17) is 5.73 Å². The number of amides is 1.